The summed E-state index contributed by atoms with van der Waals surface area (Å²) < 4.78 is 44.3. The second-order valence-electron chi connectivity index (χ2n) is 6.19. The van der Waals surface area contributed by atoms with Crippen molar-refractivity contribution in [3.63, 3.8) is 0 Å². The smallest absolute Gasteiger partial charge is 0.433 e. The fourth-order valence-corrected chi connectivity index (χ4v) is 1.90. The average Bonchev–Trinajstić information content (AvgIpc) is 2.44. The molecule has 2 N–H and O–H groups in total. The van der Waals surface area contributed by atoms with Crippen LogP contribution in [-0.2, 0) is 6.18 Å². The van der Waals surface area contributed by atoms with Gasteiger partial charge < -0.3 is 15.4 Å². The number of ether oxygens (including phenoxy) is 1. The molecular formula is C16H19F3N4O. The SMILES string of the molecule is COc1cccc(Nc2cc(C(F)(F)F)nc(NC(C)(C)C)n2)c1. The maximum absolute atomic E-state index is 13.1. The fourth-order valence-electron chi connectivity index (χ4n) is 1.90. The zero-order valence-electron chi connectivity index (χ0n) is 13.8. The number of hydrogen-bond acceptors (Lipinski definition) is 5. The van der Waals surface area contributed by atoms with Crippen molar-refractivity contribution in [2.45, 2.75) is 32.5 Å². The summed E-state index contributed by atoms with van der Waals surface area (Å²) >= 11 is 0. The van der Waals surface area contributed by atoms with E-state index in [4.69, 9.17) is 4.74 Å². The molecule has 8 heteroatoms. The summed E-state index contributed by atoms with van der Waals surface area (Å²) in [5.74, 6) is 0.526. The van der Waals surface area contributed by atoms with Crippen molar-refractivity contribution in [3.05, 3.63) is 36.0 Å². The number of nitrogens with zero attached hydrogens (tertiary/aromatic N) is 2. The molecule has 0 bridgehead atoms. The number of hydrogen-bond donors (Lipinski definition) is 2. The Balaban J connectivity index is 2.38. The molecule has 0 radical (unpaired) electrons. The van der Waals surface area contributed by atoms with Gasteiger partial charge in [0.05, 0.1) is 7.11 Å². The molecule has 24 heavy (non-hydrogen) atoms. The van der Waals surface area contributed by atoms with Gasteiger partial charge in [0.1, 0.15) is 11.6 Å². The van der Waals surface area contributed by atoms with Crippen LogP contribution in [0.5, 0.6) is 5.75 Å². The highest BCUT2D eigenvalue weighted by molar-refractivity contribution is 5.59. The van der Waals surface area contributed by atoms with Crippen molar-refractivity contribution in [2.75, 3.05) is 17.7 Å². The number of nitrogens with one attached hydrogen (secondary N) is 2. The van der Waals surface area contributed by atoms with Crippen LogP contribution >= 0.6 is 0 Å². The van der Waals surface area contributed by atoms with E-state index in [1.807, 2.05) is 20.8 Å². The van der Waals surface area contributed by atoms with Crippen LogP contribution in [0.2, 0.25) is 0 Å². The summed E-state index contributed by atoms with van der Waals surface area (Å²) in [6.45, 7) is 5.43. The van der Waals surface area contributed by atoms with E-state index in [1.54, 1.807) is 24.3 Å². The summed E-state index contributed by atoms with van der Waals surface area (Å²) in [6, 6.07) is 7.69. The first-order valence-corrected chi connectivity index (χ1v) is 7.22. The van der Waals surface area contributed by atoms with Crippen LogP contribution in [0.1, 0.15) is 26.5 Å². The van der Waals surface area contributed by atoms with Crippen molar-refractivity contribution >= 4 is 17.5 Å². The standard InChI is InChI=1S/C16H19F3N4O/c1-15(2,3)23-14-21-12(16(17,18)19)9-13(22-14)20-10-6-5-7-11(8-10)24-4/h5-9H,1-4H3,(H2,20,21,22,23). The minimum absolute atomic E-state index is 0.0392. The largest absolute Gasteiger partial charge is 0.497 e. The van der Waals surface area contributed by atoms with E-state index in [2.05, 4.69) is 20.6 Å². The molecule has 0 amide bonds. The summed E-state index contributed by atoms with van der Waals surface area (Å²) in [7, 11) is 1.51. The van der Waals surface area contributed by atoms with Gasteiger partial charge in [-0.25, -0.2) is 4.98 Å². The Kier molecular flexibility index (Phi) is 4.86. The lowest BCUT2D eigenvalue weighted by Gasteiger charge is -2.21. The average molecular weight is 340 g/mol. The van der Waals surface area contributed by atoms with Gasteiger partial charge in [-0.05, 0) is 32.9 Å². The lowest BCUT2D eigenvalue weighted by atomic mass is 10.1. The van der Waals surface area contributed by atoms with Crippen molar-refractivity contribution in [3.8, 4) is 5.75 Å². The first kappa shape index (κ1) is 17.8. The Hall–Kier alpha value is -2.51. The van der Waals surface area contributed by atoms with Crippen LogP contribution in [0.3, 0.4) is 0 Å². The number of anilines is 3. The van der Waals surface area contributed by atoms with Gasteiger partial charge in [0, 0.05) is 23.4 Å². The van der Waals surface area contributed by atoms with Gasteiger partial charge >= 0.3 is 6.18 Å². The van der Waals surface area contributed by atoms with E-state index in [0.29, 0.717) is 11.4 Å². The molecular weight excluding hydrogens is 321 g/mol. The lowest BCUT2D eigenvalue weighted by Crippen LogP contribution is -2.28. The van der Waals surface area contributed by atoms with E-state index in [1.165, 1.54) is 7.11 Å². The molecule has 0 saturated heterocycles. The van der Waals surface area contributed by atoms with Crippen molar-refractivity contribution in [1.82, 2.24) is 9.97 Å². The Bertz CT molecular complexity index is 711. The quantitative estimate of drug-likeness (QED) is 0.861. The van der Waals surface area contributed by atoms with Crippen LogP contribution in [0.15, 0.2) is 30.3 Å². The first-order valence-electron chi connectivity index (χ1n) is 7.22. The third kappa shape index (κ3) is 5.00. The zero-order valence-corrected chi connectivity index (χ0v) is 13.8. The first-order chi connectivity index (χ1) is 11.1. The topological polar surface area (TPSA) is 59.1 Å². The number of benzene rings is 1. The third-order valence-electron chi connectivity index (χ3n) is 2.85. The van der Waals surface area contributed by atoms with E-state index in [0.717, 1.165) is 6.07 Å². The predicted octanol–water partition coefficient (Wildman–Crippen LogP) is 4.46. The second kappa shape index (κ2) is 6.54. The molecule has 0 aliphatic rings. The van der Waals surface area contributed by atoms with Crippen molar-refractivity contribution in [1.29, 1.82) is 0 Å². The van der Waals surface area contributed by atoms with Crippen LogP contribution < -0.4 is 15.4 Å². The van der Waals surface area contributed by atoms with Gasteiger partial charge in [0.25, 0.3) is 0 Å². The van der Waals surface area contributed by atoms with Crippen LogP contribution in [0.4, 0.5) is 30.6 Å². The fraction of sp³-hybridized carbons (Fsp3) is 0.375. The molecule has 0 atom stereocenters. The van der Waals surface area contributed by atoms with Crippen LogP contribution in [-0.4, -0.2) is 22.6 Å². The monoisotopic (exact) mass is 340 g/mol. The van der Waals surface area contributed by atoms with Gasteiger partial charge in [0.15, 0.2) is 5.69 Å². The number of rotatable bonds is 4. The number of halogens is 3. The van der Waals surface area contributed by atoms with Gasteiger partial charge in [-0.1, -0.05) is 6.07 Å². The molecule has 0 spiro atoms. The summed E-state index contributed by atoms with van der Waals surface area (Å²) in [4.78, 5) is 7.66. The summed E-state index contributed by atoms with van der Waals surface area (Å²) in [5, 5.41) is 5.70. The highest BCUT2D eigenvalue weighted by Gasteiger charge is 2.34. The molecule has 1 aromatic heterocycles. The molecule has 130 valence electrons. The van der Waals surface area contributed by atoms with E-state index < -0.39 is 17.4 Å². The molecule has 1 heterocycles. The lowest BCUT2D eigenvalue weighted by molar-refractivity contribution is -0.141. The Morgan fingerprint density at radius 3 is 2.33 bits per heavy atom. The van der Waals surface area contributed by atoms with Gasteiger partial charge in [-0.15, -0.1) is 0 Å². The van der Waals surface area contributed by atoms with Crippen LogP contribution in [0.25, 0.3) is 0 Å². The Labute approximate surface area is 138 Å². The van der Waals surface area contributed by atoms with Gasteiger partial charge in [-0.2, -0.15) is 18.2 Å². The molecule has 2 aromatic rings. The highest BCUT2D eigenvalue weighted by Crippen LogP contribution is 2.31. The number of alkyl halides is 3. The normalized spacial score (nSPS) is 12.0. The van der Waals surface area contributed by atoms with Gasteiger partial charge in [-0.3, -0.25) is 0 Å². The number of methoxy groups -OCH3 is 1. The van der Waals surface area contributed by atoms with E-state index >= 15 is 0 Å². The van der Waals surface area contributed by atoms with E-state index in [9.17, 15) is 13.2 Å². The molecule has 1 aromatic carbocycles. The second-order valence-corrected chi connectivity index (χ2v) is 6.19. The van der Waals surface area contributed by atoms with Crippen molar-refractivity contribution in [2.24, 2.45) is 0 Å². The molecule has 0 aliphatic carbocycles. The zero-order chi connectivity index (χ0) is 18.0. The molecule has 0 unspecified atom stereocenters. The van der Waals surface area contributed by atoms with Crippen molar-refractivity contribution < 1.29 is 17.9 Å². The third-order valence-corrected chi connectivity index (χ3v) is 2.85. The van der Waals surface area contributed by atoms with Crippen LogP contribution in [0, 0.1) is 0 Å². The Morgan fingerprint density at radius 1 is 1.04 bits per heavy atom. The summed E-state index contributed by atoms with van der Waals surface area (Å²) in [5.41, 5.74) is -0.935. The maximum atomic E-state index is 13.1. The molecule has 0 fully saturated rings. The number of aromatic nitrogens is 2. The Morgan fingerprint density at radius 2 is 1.75 bits per heavy atom. The minimum atomic E-state index is -4.57. The predicted molar refractivity (Wildman–Crippen MR) is 86.7 cm³/mol. The molecule has 2 rings (SSSR count). The molecule has 0 saturated carbocycles. The summed E-state index contributed by atoms with van der Waals surface area (Å²) in [6.07, 6.45) is -4.57. The minimum Gasteiger partial charge on any atom is -0.497 e. The maximum Gasteiger partial charge on any atom is 0.433 e. The molecule has 5 nitrogen and oxygen atoms in total. The van der Waals surface area contributed by atoms with E-state index in [-0.39, 0.29) is 11.8 Å². The molecule has 0 aliphatic heterocycles. The highest BCUT2D eigenvalue weighted by atomic mass is 19.4. The van der Waals surface area contributed by atoms with Gasteiger partial charge in [0.2, 0.25) is 5.95 Å².